The van der Waals surface area contributed by atoms with Crippen LogP contribution in [0.2, 0.25) is 13.3 Å². The predicted octanol–water partition coefficient (Wildman–Crippen LogP) is 7.66. The molecule has 1 N–H and O–H groups in total. The third-order valence-electron chi connectivity index (χ3n) is 4.99. The van der Waals surface area contributed by atoms with Gasteiger partial charge in [-0.25, -0.2) is 0 Å². The van der Waals surface area contributed by atoms with Crippen LogP contribution in [0.25, 0.3) is 0 Å². The summed E-state index contributed by atoms with van der Waals surface area (Å²) >= 11 is -0.214. The molecule has 0 unspecified atom stereocenters. The number of nitrogens with one attached hydrogen (secondary N) is 1. The van der Waals surface area contributed by atoms with Crippen LogP contribution >= 0.6 is 11.8 Å². The maximum atomic E-state index is 4.22. The van der Waals surface area contributed by atoms with Crippen LogP contribution in [0.5, 0.6) is 0 Å². The van der Waals surface area contributed by atoms with E-state index in [0.717, 1.165) is 0 Å². The summed E-state index contributed by atoms with van der Waals surface area (Å²) in [5.41, 5.74) is 0. The Morgan fingerprint density at radius 2 is 1.40 bits per heavy atom. The van der Waals surface area contributed by atoms with Crippen molar-refractivity contribution in [2.75, 3.05) is 6.54 Å². The van der Waals surface area contributed by atoms with Crippen LogP contribution in [0.3, 0.4) is 0 Å². The molecule has 0 aliphatic carbocycles. The quantitative estimate of drug-likeness (QED) is 0.152. The Morgan fingerprint density at radius 1 is 0.840 bits per heavy atom. The SMILES string of the molecule is CCC[CH2][Sn]([CH2]CCC)([CH2]CCC)[NH]CCC[CH]Sc1ccccc1. The van der Waals surface area contributed by atoms with Gasteiger partial charge in [0.25, 0.3) is 0 Å². The van der Waals surface area contributed by atoms with Crippen LogP contribution in [0, 0.1) is 5.75 Å². The van der Waals surface area contributed by atoms with E-state index in [9.17, 15) is 0 Å². The molecule has 143 valence electrons. The van der Waals surface area contributed by atoms with Gasteiger partial charge >= 0.3 is 167 Å². The molecule has 0 heterocycles. The van der Waals surface area contributed by atoms with Crippen molar-refractivity contribution >= 4 is 30.4 Å². The first-order valence-corrected chi connectivity index (χ1v) is 18.9. The number of benzene rings is 1. The second-order valence-corrected chi connectivity index (χ2v) is 20.9. The Morgan fingerprint density at radius 3 is 1.92 bits per heavy atom. The molecule has 1 nitrogen and oxygen atoms in total. The fourth-order valence-corrected chi connectivity index (χ4v) is 18.7. The summed E-state index contributed by atoms with van der Waals surface area (Å²) in [6.07, 6.45) is 10.9. The molecule has 1 rings (SSSR count). The van der Waals surface area contributed by atoms with Crippen molar-refractivity contribution in [3.8, 4) is 0 Å². The van der Waals surface area contributed by atoms with Gasteiger partial charge in [0.2, 0.25) is 0 Å². The van der Waals surface area contributed by atoms with Gasteiger partial charge in [-0.3, -0.25) is 0 Å². The van der Waals surface area contributed by atoms with Gasteiger partial charge in [-0.2, -0.15) is 0 Å². The van der Waals surface area contributed by atoms with Gasteiger partial charge in [0, 0.05) is 0 Å². The molecule has 1 radical (unpaired) electrons. The molecule has 0 aliphatic rings. The number of hydrogen-bond acceptors (Lipinski definition) is 2. The maximum absolute atomic E-state index is 4.22. The molecule has 3 heteroatoms. The fraction of sp³-hybridized carbons (Fsp3) is 0.682. The minimum atomic E-state index is -2.10. The predicted molar refractivity (Wildman–Crippen MR) is 119 cm³/mol. The zero-order valence-corrected chi connectivity index (χ0v) is 20.5. The zero-order chi connectivity index (χ0) is 18.2. The van der Waals surface area contributed by atoms with Crippen molar-refractivity contribution in [3.63, 3.8) is 0 Å². The van der Waals surface area contributed by atoms with E-state index in [2.05, 4.69) is 60.4 Å². The summed E-state index contributed by atoms with van der Waals surface area (Å²) in [4.78, 5) is 1.36. The molecule has 0 saturated carbocycles. The molecule has 0 atom stereocenters. The van der Waals surface area contributed by atoms with E-state index in [4.69, 9.17) is 0 Å². The molecule has 1 aromatic carbocycles. The first-order valence-electron chi connectivity index (χ1n) is 10.5. The average molecular weight is 469 g/mol. The zero-order valence-electron chi connectivity index (χ0n) is 16.9. The second kappa shape index (κ2) is 15.4. The summed E-state index contributed by atoms with van der Waals surface area (Å²) < 4.78 is 8.91. The molecule has 1 aromatic rings. The van der Waals surface area contributed by atoms with E-state index in [1.807, 2.05) is 11.8 Å². The van der Waals surface area contributed by atoms with Gasteiger partial charge in [-0.15, -0.1) is 0 Å². The van der Waals surface area contributed by atoms with E-state index >= 15 is 0 Å². The summed E-state index contributed by atoms with van der Waals surface area (Å²) in [6, 6.07) is 10.7. The van der Waals surface area contributed by atoms with Crippen LogP contribution in [0.15, 0.2) is 35.2 Å². The summed E-state index contributed by atoms with van der Waals surface area (Å²) in [5.74, 6) is 2.39. The molecular weight excluding hydrogens is 429 g/mol. The Bertz CT molecular complexity index is 388. The number of rotatable bonds is 16. The van der Waals surface area contributed by atoms with Crippen LogP contribution in [0.1, 0.15) is 72.1 Å². The molecule has 0 fully saturated rings. The average Bonchev–Trinajstić information content (AvgIpc) is 2.66. The topological polar surface area (TPSA) is 12.0 Å². The van der Waals surface area contributed by atoms with Crippen LogP contribution < -0.4 is 3.54 Å². The van der Waals surface area contributed by atoms with Crippen molar-refractivity contribution in [2.45, 2.75) is 90.3 Å². The first-order chi connectivity index (χ1) is 12.3. The standard InChI is InChI=1S/C10H13NS.3C4H9.Sn/c11-8-4-5-9-12-10-6-2-1-3-7-10;3*1-3-4-2;/h1-3,6-7,9,11H,4-5,8H2;3*1,3-4H2,2H3;/q-1;;;;+1. The van der Waals surface area contributed by atoms with Gasteiger partial charge < -0.3 is 0 Å². The van der Waals surface area contributed by atoms with Crippen molar-refractivity contribution in [3.05, 3.63) is 36.1 Å². The Labute approximate surface area is 166 Å². The van der Waals surface area contributed by atoms with Crippen molar-refractivity contribution in [1.82, 2.24) is 3.54 Å². The van der Waals surface area contributed by atoms with E-state index < -0.39 is 18.7 Å². The van der Waals surface area contributed by atoms with Gasteiger partial charge in [0.15, 0.2) is 0 Å². The molecule has 0 amide bonds. The molecule has 0 bridgehead atoms. The van der Waals surface area contributed by atoms with Gasteiger partial charge in [-0.1, -0.05) is 0 Å². The van der Waals surface area contributed by atoms with Crippen LogP contribution in [-0.2, 0) is 0 Å². The Balaban J connectivity index is 2.35. The van der Waals surface area contributed by atoms with Crippen molar-refractivity contribution < 1.29 is 0 Å². The van der Waals surface area contributed by atoms with Gasteiger partial charge in [-0.05, 0) is 0 Å². The van der Waals surface area contributed by atoms with Crippen LogP contribution in [0.4, 0.5) is 0 Å². The van der Waals surface area contributed by atoms with E-state index in [0.29, 0.717) is 0 Å². The van der Waals surface area contributed by atoms with Crippen LogP contribution in [-0.4, -0.2) is 25.2 Å². The van der Waals surface area contributed by atoms with E-state index in [1.165, 1.54) is 62.8 Å². The fourth-order valence-electron chi connectivity index (χ4n) is 3.38. The molecule has 25 heavy (non-hydrogen) atoms. The molecule has 0 spiro atoms. The van der Waals surface area contributed by atoms with E-state index in [-0.39, 0.29) is 0 Å². The Kier molecular flexibility index (Phi) is 14.4. The summed E-state index contributed by atoms with van der Waals surface area (Å²) in [7, 11) is 0. The molecule has 0 saturated heterocycles. The summed E-state index contributed by atoms with van der Waals surface area (Å²) in [5, 5.41) is 0. The molecule has 0 aromatic heterocycles. The number of thioether (sulfide) groups is 1. The third kappa shape index (κ3) is 10.9. The normalized spacial score (nSPS) is 11.8. The van der Waals surface area contributed by atoms with Crippen molar-refractivity contribution in [2.24, 2.45) is 0 Å². The van der Waals surface area contributed by atoms with Gasteiger partial charge in [0.1, 0.15) is 0 Å². The second-order valence-electron chi connectivity index (χ2n) is 7.26. The summed E-state index contributed by atoms with van der Waals surface area (Å²) in [6.45, 7) is 8.31. The van der Waals surface area contributed by atoms with E-state index in [1.54, 1.807) is 13.3 Å². The Hall–Kier alpha value is 0.329. The third-order valence-corrected chi connectivity index (χ3v) is 20.0. The number of unbranched alkanes of at least 4 members (excludes halogenated alkanes) is 4. The first kappa shape index (κ1) is 23.4. The molecular formula is C22H40NSSn. The minimum absolute atomic E-state index is 1.21. The van der Waals surface area contributed by atoms with Gasteiger partial charge in [0.05, 0.1) is 0 Å². The molecule has 0 aliphatic heterocycles. The van der Waals surface area contributed by atoms with Crippen molar-refractivity contribution in [1.29, 1.82) is 0 Å². The number of hydrogen-bond donors (Lipinski definition) is 1. The monoisotopic (exact) mass is 470 g/mol.